The van der Waals surface area contributed by atoms with E-state index in [2.05, 4.69) is 5.32 Å². The van der Waals surface area contributed by atoms with Gasteiger partial charge in [0, 0.05) is 35.2 Å². The van der Waals surface area contributed by atoms with Crippen LogP contribution in [0.4, 0.5) is 0 Å². The maximum atomic E-state index is 13.6. The molecule has 6 nitrogen and oxygen atoms in total. The lowest BCUT2D eigenvalue weighted by Crippen LogP contribution is -2.36. The highest BCUT2D eigenvalue weighted by atomic mass is 32.2. The highest BCUT2D eigenvalue weighted by Gasteiger charge is 2.24. The highest BCUT2D eigenvalue weighted by Crippen LogP contribution is 2.33. The van der Waals surface area contributed by atoms with Crippen LogP contribution in [-0.2, 0) is 10.0 Å². The topological polar surface area (TPSA) is 88.4 Å². The van der Waals surface area contributed by atoms with Crippen LogP contribution < -0.4 is 5.32 Å². The van der Waals surface area contributed by atoms with Crippen LogP contribution in [-0.4, -0.2) is 36.1 Å². The highest BCUT2D eigenvalue weighted by molar-refractivity contribution is 7.90. The third-order valence-corrected chi connectivity index (χ3v) is 8.52. The molecular formula is C28H28N2O4S. The summed E-state index contributed by atoms with van der Waals surface area (Å²) in [6.07, 6.45) is 5.02. The van der Waals surface area contributed by atoms with Gasteiger partial charge < -0.3 is 10.4 Å². The molecule has 7 heteroatoms. The normalized spacial score (nSPS) is 18.4. The van der Waals surface area contributed by atoms with Crippen molar-refractivity contribution in [1.29, 1.82) is 0 Å². The van der Waals surface area contributed by atoms with Crippen LogP contribution >= 0.6 is 0 Å². The van der Waals surface area contributed by atoms with Crippen LogP contribution in [0, 0.1) is 5.92 Å². The van der Waals surface area contributed by atoms with Gasteiger partial charge in [0.2, 0.25) is 0 Å². The van der Waals surface area contributed by atoms with Gasteiger partial charge in [-0.3, -0.25) is 4.79 Å². The van der Waals surface area contributed by atoms with Gasteiger partial charge in [-0.2, -0.15) is 0 Å². The van der Waals surface area contributed by atoms with Gasteiger partial charge in [-0.05, 0) is 48.7 Å². The summed E-state index contributed by atoms with van der Waals surface area (Å²) in [5, 5.41) is 13.8. The van der Waals surface area contributed by atoms with E-state index in [1.54, 1.807) is 12.3 Å². The zero-order valence-corrected chi connectivity index (χ0v) is 20.1. The average Bonchev–Trinajstić information content (AvgIpc) is 3.29. The predicted octanol–water partition coefficient (Wildman–Crippen LogP) is 4.83. The van der Waals surface area contributed by atoms with E-state index in [1.165, 1.54) is 28.2 Å². The van der Waals surface area contributed by atoms with Crippen molar-refractivity contribution >= 4 is 26.8 Å². The number of nitrogens with zero attached hydrogens (tertiary/aromatic N) is 1. The Kier molecular flexibility index (Phi) is 6.45. The molecule has 0 unspecified atom stereocenters. The van der Waals surface area contributed by atoms with Gasteiger partial charge in [-0.25, -0.2) is 12.4 Å². The van der Waals surface area contributed by atoms with Crippen LogP contribution in [0.5, 0.6) is 0 Å². The van der Waals surface area contributed by atoms with Crippen LogP contribution in [0.3, 0.4) is 0 Å². The van der Waals surface area contributed by atoms with Crippen molar-refractivity contribution in [2.24, 2.45) is 5.92 Å². The lowest BCUT2D eigenvalue weighted by molar-refractivity contribution is 0.0663. The van der Waals surface area contributed by atoms with Gasteiger partial charge >= 0.3 is 0 Å². The molecule has 1 saturated carbocycles. The Balaban J connectivity index is 1.40. The summed E-state index contributed by atoms with van der Waals surface area (Å²) in [6, 6.07) is 23.1. The van der Waals surface area contributed by atoms with E-state index in [9.17, 15) is 18.3 Å². The largest absolute Gasteiger partial charge is 0.393 e. The van der Waals surface area contributed by atoms with Crippen LogP contribution in [0.25, 0.3) is 22.0 Å². The van der Waals surface area contributed by atoms with E-state index in [0.29, 0.717) is 17.6 Å². The zero-order chi connectivity index (χ0) is 24.4. The maximum Gasteiger partial charge on any atom is 0.268 e. The average molecular weight is 489 g/mol. The molecule has 2 N–H and O–H groups in total. The zero-order valence-electron chi connectivity index (χ0n) is 19.3. The smallest absolute Gasteiger partial charge is 0.268 e. The molecule has 0 bridgehead atoms. The first-order valence-corrected chi connectivity index (χ1v) is 13.4. The number of carbonyl (C=O) groups excluding carboxylic acids is 1. The monoisotopic (exact) mass is 488 g/mol. The van der Waals surface area contributed by atoms with Crippen molar-refractivity contribution in [2.45, 2.75) is 36.7 Å². The number of aliphatic hydroxyl groups is 1. The third-order valence-electron chi connectivity index (χ3n) is 6.83. The van der Waals surface area contributed by atoms with Crippen molar-refractivity contribution in [3.8, 4) is 11.1 Å². The van der Waals surface area contributed by atoms with E-state index in [-0.39, 0.29) is 22.8 Å². The van der Waals surface area contributed by atoms with Gasteiger partial charge in [0.1, 0.15) is 0 Å². The predicted molar refractivity (Wildman–Crippen MR) is 137 cm³/mol. The summed E-state index contributed by atoms with van der Waals surface area (Å²) < 4.78 is 28.5. The molecular weight excluding hydrogens is 460 g/mol. The van der Waals surface area contributed by atoms with Gasteiger partial charge in [0.15, 0.2) is 0 Å². The number of benzene rings is 3. The second-order valence-electron chi connectivity index (χ2n) is 9.07. The molecule has 1 aromatic heterocycles. The lowest BCUT2D eigenvalue weighted by atomic mass is 9.86. The summed E-state index contributed by atoms with van der Waals surface area (Å²) >= 11 is 0. The summed E-state index contributed by atoms with van der Waals surface area (Å²) in [6.45, 7) is 0.414. The number of fused-ring (bicyclic) bond motifs is 1. The van der Waals surface area contributed by atoms with Crippen LogP contribution in [0.15, 0.2) is 90.0 Å². The molecule has 2 atom stereocenters. The standard InChI is InChI=1S/C28H28N2O4S/c31-27-13-7-4-10-22(27)18-29-28(32)21-14-16-23(17-15-21)35(33,34)30-19-25(20-8-2-1-3-9-20)24-11-5-6-12-26(24)30/h1-3,5-6,8-9,11-12,14-17,19,22,27,31H,4,7,10,13,18H2,(H,29,32)/t22-,27-/m1/s1. The number of hydrogen-bond donors (Lipinski definition) is 2. The minimum Gasteiger partial charge on any atom is -0.393 e. The molecule has 1 aliphatic carbocycles. The van der Waals surface area contributed by atoms with E-state index in [0.717, 1.165) is 42.2 Å². The number of amides is 1. The molecule has 1 fully saturated rings. The summed E-state index contributed by atoms with van der Waals surface area (Å²) in [7, 11) is -3.88. The van der Waals surface area contributed by atoms with E-state index >= 15 is 0 Å². The Morgan fingerprint density at radius 3 is 2.34 bits per heavy atom. The number of aliphatic hydroxyl groups excluding tert-OH is 1. The van der Waals surface area contributed by atoms with Gasteiger partial charge in [0.05, 0.1) is 16.5 Å². The number of rotatable bonds is 6. The van der Waals surface area contributed by atoms with Crippen LogP contribution in [0.2, 0.25) is 0 Å². The van der Waals surface area contributed by atoms with E-state index < -0.39 is 10.0 Å². The number of aromatic nitrogens is 1. The molecule has 0 saturated heterocycles. The number of para-hydroxylation sites is 1. The number of nitrogens with one attached hydrogen (secondary N) is 1. The van der Waals surface area contributed by atoms with Gasteiger partial charge in [-0.15, -0.1) is 0 Å². The van der Waals surface area contributed by atoms with Crippen molar-refractivity contribution in [3.05, 3.63) is 90.6 Å². The van der Waals surface area contributed by atoms with E-state index in [4.69, 9.17) is 0 Å². The Hall–Kier alpha value is -3.42. The van der Waals surface area contributed by atoms with Crippen molar-refractivity contribution in [2.75, 3.05) is 6.54 Å². The Morgan fingerprint density at radius 2 is 1.60 bits per heavy atom. The molecule has 3 aromatic carbocycles. The summed E-state index contributed by atoms with van der Waals surface area (Å²) in [5.41, 5.74) is 2.76. The number of hydrogen-bond acceptors (Lipinski definition) is 4. The van der Waals surface area contributed by atoms with Crippen molar-refractivity contribution in [3.63, 3.8) is 0 Å². The first kappa shape index (κ1) is 23.3. The molecule has 0 radical (unpaired) electrons. The molecule has 4 aromatic rings. The second kappa shape index (κ2) is 9.68. The Morgan fingerprint density at radius 1 is 0.914 bits per heavy atom. The van der Waals surface area contributed by atoms with Crippen molar-refractivity contribution in [1.82, 2.24) is 9.29 Å². The molecule has 1 amide bonds. The van der Waals surface area contributed by atoms with Gasteiger partial charge in [-0.1, -0.05) is 61.4 Å². The van der Waals surface area contributed by atoms with Crippen molar-refractivity contribution < 1.29 is 18.3 Å². The fourth-order valence-corrected chi connectivity index (χ4v) is 6.21. The fourth-order valence-electron chi connectivity index (χ4n) is 4.84. The molecule has 5 rings (SSSR count). The Labute approximate surface area is 205 Å². The second-order valence-corrected chi connectivity index (χ2v) is 10.9. The van der Waals surface area contributed by atoms with Gasteiger partial charge in [0.25, 0.3) is 15.9 Å². The van der Waals surface area contributed by atoms with Crippen LogP contribution in [0.1, 0.15) is 36.0 Å². The first-order chi connectivity index (χ1) is 16.9. The molecule has 35 heavy (non-hydrogen) atoms. The molecule has 0 spiro atoms. The first-order valence-electron chi connectivity index (χ1n) is 11.9. The fraction of sp³-hybridized carbons (Fsp3) is 0.250. The molecule has 1 heterocycles. The molecule has 1 aliphatic rings. The Bertz CT molecular complexity index is 1440. The summed E-state index contributed by atoms with van der Waals surface area (Å²) in [5.74, 6) is -0.210. The molecule has 0 aliphatic heterocycles. The minimum atomic E-state index is -3.88. The maximum absolute atomic E-state index is 13.6. The SMILES string of the molecule is O=C(NC[C@H]1CCCC[C@H]1O)c1ccc(S(=O)(=O)n2cc(-c3ccccc3)c3ccccc32)cc1. The quantitative estimate of drug-likeness (QED) is 0.407. The van der Waals surface area contributed by atoms with E-state index in [1.807, 2.05) is 48.5 Å². The third kappa shape index (κ3) is 4.61. The minimum absolute atomic E-state index is 0.0631. The summed E-state index contributed by atoms with van der Waals surface area (Å²) in [4.78, 5) is 12.7. The molecule has 180 valence electrons. The number of carbonyl (C=O) groups is 1. The lowest BCUT2D eigenvalue weighted by Gasteiger charge is -2.27.